The molecule has 0 saturated heterocycles. The summed E-state index contributed by atoms with van der Waals surface area (Å²) in [7, 11) is 0. The van der Waals surface area contributed by atoms with Gasteiger partial charge in [-0.3, -0.25) is 0 Å². The van der Waals surface area contributed by atoms with Gasteiger partial charge >= 0.3 is 12.4 Å². The molecule has 0 aliphatic carbocycles. The number of anilines is 6. The fourth-order valence-electron chi connectivity index (χ4n) is 9.56. The van der Waals surface area contributed by atoms with E-state index >= 15 is 0 Å². The predicted molar refractivity (Wildman–Crippen MR) is 264 cm³/mol. The van der Waals surface area contributed by atoms with Crippen molar-refractivity contribution >= 4 is 99.5 Å². The van der Waals surface area contributed by atoms with Crippen molar-refractivity contribution in [2.75, 3.05) is 9.80 Å². The number of hydrogen-bond acceptors (Lipinski definition) is 4. The van der Waals surface area contributed by atoms with Crippen molar-refractivity contribution in [1.82, 2.24) is 0 Å². The van der Waals surface area contributed by atoms with Crippen molar-refractivity contribution in [3.05, 3.63) is 190 Å². The number of aryl methyl sites for hydroxylation is 4. The second kappa shape index (κ2) is 15.4. The van der Waals surface area contributed by atoms with E-state index in [-0.39, 0.29) is 0 Å². The standard InChI is InChI=1S/C58H42F6N2O2/c1-31-19-47(20-32(2)35(31)5)65(43-15-9-41(10-16-43)57(59,60)61)45-13-7-37-25-49-51-29-52-50-26-38-8-14-46(24-40(38)28-54(50)68-56(52)30-55(51)67-53(49)27-39(37)23-45)66(48-21-33(3)36(6)34(4)22-48)44-17-11-42(12-18-44)58(62,63)64/h7-30H,1-6H3. The lowest BCUT2D eigenvalue weighted by Gasteiger charge is -2.27. The third-order valence-electron chi connectivity index (χ3n) is 13.7. The number of nitrogens with zero attached hydrogens (tertiary/aromatic N) is 2. The Morgan fingerprint density at radius 2 is 0.632 bits per heavy atom. The van der Waals surface area contributed by atoms with Gasteiger partial charge in [-0.05, 0) is 224 Å². The van der Waals surface area contributed by atoms with E-state index in [4.69, 9.17) is 8.83 Å². The van der Waals surface area contributed by atoms with Gasteiger partial charge in [-0.1, -0.05) is 12.1 Å². The first-order valence-corrected chi connectivity index (χ1v) is 22.2. The number of halogens is 6. The van der Waals surface area contributed by atoms with Crippen molar-refractivity contribution in [2.24, 2.45) is 0 Å². The van der Waals surface area contributed by atoms with Crippen LogP contribution >= 0.6 is 0 Å². The number of fused-ring (bicyclic) bond motifs is 8. The lowest BCUT2D eigenvalue weighted by molar-refractivity contribution is -0.138. The third kappa shape index (κ3) is 7.26. The maximum Gasteiger partial charge on any atom is 0.416 e. The summed E-state index contributed by atoms with van der Waals surface area (Å²) in [5.41, 5.74) is 12.3. The second-order valence-electron chi connectivity index (χ2n) is 18.0. The van der Waals surface area contributed by atoms with Gasteiger partial charge in [0.15, 0.2) is 0 Å². The van der Waals surface area contributed by atoms with E-state index < -0.39 is 23.5 Å². The zero-order valence-electron chi connectivity index (χ0n) is 37.8. The Kier molecular flexibility index (Phi) is 9.72. The van der Waals surface area contributed by atoms with E-state index in [2.05, 4.69) is 56.3 Å². The molecule has 0 spiro atoms. The van der Waals surface area contributed by atoms with E-state index in [1.165, 1.54) is 24.3 Å². The number of benzene rings is 9. The van der Waals surface area contributed by atoms with Crippen LogP contribution in [-0.4, -0.2) is 0 Å². The fraction of sp³-hybridized carbons (Fsp3) is 0.138. The highest BCUT2D eigenvalue weighted by molar-refractivity contribution is 6.18. The summed E-state index contributed by atoms with van der Waals surface area (Å²) in [6.07, 6.45) is -8.91. The van der Waals surface area contributed by atoms with Crippen molar-refractivity contribution in [3.63, 3.8) is 0 Å². The summed E-state index contributed by atoms with van der Waals surface area (Å²) in [5.74, 6) is 0. The molecule has 9 aromatic carbocycles. The number of furan rings is 2. The topological polar surface area (TPSA) is 32.8 Å². The van der Waals surface area contributed by atoms with Crippen molar-refractivity contribution in [2.45, 2.75) is 53.9 Å². The minimum atomic E-state index is -4.45. The third-order valence-corrected chi connectivity index (χ3v) is 13.7. The van der Waals surface area contributed by atoms with Gasteiger partial charge in [0.25, 0.3) is 0 Å². The molecule has 2 heterocycles. The minimum absolute atomic E-state index is 0.598. The van der Waals surface area contributed by atoms with Gasteiger partial charge in [-0.25, -0.2) is 0 Å². The highest BCUT2D eigenvalue weighted by Gasteiger charge is 2.32. The van der Waals surface area contributed by atoms with E-state index in [0.29, 0.717) is 33.7 Å². The van der Waals surface area contributed by atoms with Gasteiger partial charge in [0.05, 0.1) is 11.1 Å². The average molecular weight is 913 g/mol. The smallest absolute Gasteiger partial charge is 0.416 e. The first-order valence-electron chi connectivity index (χ1n) is 22.2. The average Bonchev–Trinajstić information content (AvgIpc) is 3.82. The molecule has 0 saturated carbocycles. The van der Waals surface area contributed by atoms with Gasteiger partial charge in [0.2, 0.25) is 0 Å². The molecule has 0 fully saturated rings. The Hall–Kier alpha value is -7.72. The molecule has 0 unspecified atom stereocenters. The van der Waals surface area contributed by atoms with Crippen LogP contribution in [0, 0.1) is 41.5 Å². The Morgan fingerprint density at radius 1 is 0.309 bits per heavy atom. The summed E-state index contributed by atoms with van der Waals surface area (Å²) < 4.78 is 94.8. The van der Waals surface area contributed by atoms with Crippen LogP contribution in [0.15, 0.2) is 154 Å². The number of alkyl halides is 6. The highest BCUT2D eigenvalue weighted by Crippen LogP contribution is 2.44. The number of rotatable bonds is 6. The van der Waals surface area contributed by atoms with Crippen molar-refractivity contribution < 1.29 is 35.2 Å². The van der Waals surface area contributed by atoms with Gasteiger partial charge in [-0.15, -0.1) is 0 Å². The van der Waals surface area contributed by atoms with Crippen molar-refractivity contribution in [3.8, 4) is 0 Å². The van der Waals surface area contributed by atoms with Crippen LogP contribution in [-0.2, 0) is 12.4 Å². The largest absolute Gasteiger partial charge is 0.456 e. The van der Waals surface area contributed by atoms with E-state index in [1.54, 1.807) is 0 Å². The minimum Gasteiger partial charge on any atom is -0.456 e. The highest BCUT2D eigenvalue weighted by atomic mass is 19.4. The fourth-order valence-corrected chi connectivity index (χ4v) is 9.56. The van der Waals surface area contributed by atoms with E-state index in [1.807, 2.05) is 92.1 Å². The molecule has 0 atom stereocenters. The normalized spacial score (nSPS) is 12.4. The SMILES string of the molecule is Cc1cc(N(c2ccc(C(F)(F)F)cc2)c2ccc3cc4c(cc3c2)oc2cc3oc5cc6cc(N(c7ccc(C(F)(F)F)cc7)c7cc(C)c(C)c(C)c7)ccc6cc5c3cc24)cc(C)c1C. The van der Waals surface area contributed by atoms with E-state index in [0.717, 1.165) is 123 Å². The Labute approximate surface area is 387 Å². The van der Waals surface area contributed by atoms with Crippen LogP contribution in [0.5, 0.6) is 0 Å². The summed E-state index contributed by atoms with van der Waals surface area (Å²) in [5, 5.41) is 7.43. The molecule has 10 heteroatoms. The van der Waals surface area contributed by atoms with Crippen LogP contribution in [0.25, 0.3) is 65.4 Å². The summed E-state index contributed by atoms with van der Waals surface area (Å²) >= 11 is 0. The molecule has 68 heavy (non-hydrogen) atoms. The molecule has 0 bridgehead atoms. The molecule has 11 rings (SSSR count). The van der Waals surface area contributed by atoms with Crippen LogP contribution in [0.3, 0.4) is 0 Å². The molecule has 4 nitrogen and oxygen atoms in total. The lowest BCUT2D eigenvalue weighted by atomic mass is 10.0. The summed E-state index contributed by atoms with van der Waals surface area (Å²) in [6, 6.07) is 43.1. The maximum atomic E-state index is 13.6. The molecular weight excluding hydrogens is 871 g/mol. The maximum absolute atomic E-state index is 13.6. The second-order valence-corrected chi connectivity index (χ2v) is 18.0. The van der Waals surface area contributed by atoms with Crippen LogP contribution < -0.4 is 9.80 Å². The van der Waals surface area contributed by atoms with Gasteiger partial charge in [-0.2, -0.15) is 26.3 Å². The molecule has 0 amide bonds. The molecule has 11 aromatic rings. The van der Waals surface area contributed by atoms with Gasteiger partial charge in [0.1, 0.15) is 22.3 Å². The Balaban J connectivity index is 0.990. The zero-order valence-corrected chi connectivity index (χ0v) is 37.8. The first kappa shape index (κ1) is 42.9. The predicted octanol–water partition coefficient (Wildman–Crippen LogP) is 18.6. The summed E-state index contributed by atoms with van der Waals surface area (Å²) in [6.45, 7) is 12.3. The lowest BCUT2D eigenvalue weighted by Crippen LogP contribution is -2.12. The molecule has 0 aliphatic heterocycles. The summed E-state index contributed by atoms with van der Waals surface area (Å²) in [4.78, 5) is 3.96. The van der Waals surface area contributed by atoms with E-state index in [9.17, 15) is 26.3 Å². The Morgan fingerprint density at radius 3 is 0.985 bits per heavy atom. The monoisotopic (exact) mass is 912 g/mol. The van der Waals surface area contributed by atoms with Crippen LogP contribution in [0.1, 0.15) is 44.5 Å². The molecule has 0 radical (unpaired) electrons. The molecule has 338 valence electrons. The quantitative estimate of drug-likeness (QED) is 0.156. The molecule has 0 N–H and O–H groups in total. The van der Waals surface area contributed by atoms with Crippen LogP contribution in [0.2, 0.25) is 0 Å². The molecule has 2 aromatic heterocycles. The first-order chi connectivity index (χ1) is 32.4. The molecular formula is C58H42F6N2O2. The van der Waals surface area contributed by atoms with Gasteiger partial charge in [0, 0.05) is 61.7 Å². The van der Waals surface area contributed by atoms with Gasteiger partial charge < -0.3 is 18.6 Å². The van der Waals surface area contributed by atoms with Crippen LogP contribution in [0.4, 0.5) is 60.5 Å². The Bertz CT molecular complexity index is 3550. The molecule has 0 aliphatic rings. The zero-order chi connectivity index (χ0) is 47.6. The van der Waals surface area contributed by atoms with Crippen molar-refractivity contribution in [1.29, 1.82) is 0 Å². The number of hydrogen-bond donors (Lipinski definition) is 0.